The molecule has 1 heterocycles. The standard InChI is InChI=1S/C20H21Cl2N7O2/c21-15-2-1-3-16(22)18(15)26-17(19(30)31)10-12-4-6-14(7-5-12)29-11-13(27-28-29)8-9-25-20(23)24/h1-7,11,17,26H,8-10H2,(H,30,31)(H4,23,24,25)/t17-/m0/s1. The van der Waals surface area contributed by atoms with Crippen LogP contribution >= 0.6 is 23.2 Å². The summed E-state index contributed by atoms with van der Waals surface area (Å²) in [6.07, 6.45) is 2.59. The molecule has 1 aromatic heterocycles. The van der Waals surface area contributed by atoms with Crippen molar-refractivity contribution in [2.24, 2.45) is 16.5 Å². The number of carboxylic acid groups (broad SMARTS) is 1. The van der Waals surface area contributed by atoms with E-state index in [1.54, 1.807) is 29.1 Å². The zero-order valence-electron chi connectivity index (χ0n) is 16.4. The summed E-state index contributed by atoms with van der Waals surface area (Å²) in [7, 11) is 0. The fourth-order valence-electron chi connectivity index (χ4n) is 2.87. The quantitative estimate of drug-likeness (QED) is 0.282. The van der Waals surface area contributed by atoms with E-state index < -0.39 is 12.0 Å². The van der Waals surface area contributed by atoms with Gasteiger partial charge in [0.25, 0.3) is 0 Å². The Balaban J connectivity index is 1.68. The van der Waals surface area contributed by atoms with Crippen molar-refractivity contribution < 1.29 is 9.90 Å². The first-order valence-corrected chi connectivity index (χ1v) is 10.1. The fraction of sp³-hybridized carbons (Fsp3) is 0.200. The van der Waals surface area contributed by atoms with Gasteiger partial charge in [-0.25, -0.2) is 9.48 Å². The molecule has 0 spiro atoms. The Hall–Kier alpha value is -3.30. The summed E-state index contributed by atoms with van der Waals surface area (Å²) in [5.41, 5.74) is 13.4. The minimum atomic E-state index is -1.01. The molecule has 0 unspecified atom stereocenters. The second-order valence-corrected chi connectivity index (χ2v) is 7.53. The SMILES string of the molecule is NC(N)=NCCc1cn(-c2ccc(C[C@H](Nc3c(Cl)cccc3Cl)C(=O)O)cc2)nn1. The number of guanidine groups is 1. The van der Waals surface area contributed by atoms with E-state index in [2.05, 4.69) is 20.6 Å². The second-order valence-electron chi connectivity index (χ2n) is 6.71. The number of rotatable bonds is 9. The number of carboxylic acids is 1. The number of hydrogen-bond acceptors (Lipinski definition) is 5. The molecular formula is C20H21Cl2N7O2. The minimum Gasteiger partial charge on any atom is -0.480 e. The summed E-state index contributed by atoms with van der Waals surface area (Å²) in [6, 6.07) is 11.4. The predicted octanol–water partition coefficient (Wildman–Crippen LogP) is 2.50. The van der Waals surface area contributed by atoms with E-state index in [0.29, 0.717) is 28.7 Å². The summed E-state index contributed by atoms with van der Waals surface area (Å²) in [4.78, 5) is 15.7. The lowest BCUT2D eigenvalue weighted by molar-refractivity contribution is -0.137. The highest BCUT2D eigenvalue weighted by atomic mass is 35.5. The monoisotopic (exact) mass is 461 g/mol. The fourth-order valence-corrected chi connectivity index (χ4v) is 3.38. The Morgan fingerprint density at radius 2 is 1.84 bits per heavy atom. The number of nitrogens with two attached hydrogens (primary N) is 2. The maximum Gasteiger partial charge on any atom is 0.326 e. The van der Waals surface area contributed by atoms with E-state index in [1.807, 2.05) is 24.3 Å². The summed E-state index contributed by atoms with van der Waals surface area (Å²) < 4.78 is 1.63. The van der Waals surface area contributed by atoms with Crippen molar-refractivity contribution in [2.45, 2.75) is 18.9 Å². The van der Waals surface area contributed by atoms with E-state index in [-0.39, 0.29) is 12.4 Å². The van der Waals surface area contributed by atoms with Gasteiger partial charge in [-0.15, -0.1) is 5.10 Å². The summed E-state index contributed by atoms with van der Waals surface area (Å²) in [5, 5.41) is 21.5. The molecule has 0 aliphatic carbocycles. The smallest absolute Gasteiger partial charge is 0.326 e. The molecule has 11 heteroatoms. The summed E-state index contributed by atoms with van der Waals surface area (Å²) >= 11 is 12.3. The number of benzene rings is 2. The van der Waals surface area contributed by atoms with E-state index >= 15 is 0 Å². The van der Waals surface area contributed by atoms with Gasteiger partial charge in [0.05, 0.1) is 33.3 Å². The van der Waals surface area contributed by atoms with E-state index in [0.717, 1.165) is 16.9 Å². The molecule has 162 valence electrons. The molecule has 0 aliphatic rings. The van der Waals surface area contributed by atoms with Crippen molar-refractivity contribution in [1.29, 1.82) is 0 Å². The lowest BCUT2D eigenvalue weighted by Gasteiger charge is -2.18. The average molecular weight is 462 g/mol. The molecule has 3 rings (SSSR count). The lowest BCUT2D eigenvalue weighted by atomic mass is 10.1. The topological polar surface area (TPSA) is 144 Å². The molecule has 9 nitrogen and oxygen atoms in total. The van der Waals surface area contributed by atoms with Crippen molar-refractivity contribution in [3.8, 4) is 5.69 Å². The van der Waals surface area contributed by atoms with Crippen LogP contribution < -0.4 is 16.8 Å². The molecule has 6 N–H and O–H groups in total. The predicted molar refractivity (Wildman–Crippen MR) is 121 cm³/mol. The van der Waals surface area contributed by atoms with Crippen LogP contribution in [-0.4, -0.2) is 44.6 Å². The number of carbonyl (C=O) groups is 1. The first-order chi connectivity index (χ1) is 14.8. The Kier molecular flexibility index (Phi) is 7.32. The first-order valence-electron chi connectivity index (χ1n) is 9.33. The lowest BCUT2D eigenvalue weighted by Crippen LogP contribution is -2.31. The zero-order valence-corrected chi connectivity index (χ0v) is 17.9. The van der Waals surface area contributed by atoms with Gasteiger partial charge in [-0.3, -0.25) is 4.99 Å². The Bertz CT molecular complexity index is 1060. The van der Waals surface area contributed by atoms with Crippen molar-refractivity contribution in [1.82, 2.24) is 15.0 Å². The molecule has 0 aliphatic heterocycles. The van der Waals surface area contributed by atoms with Gasteiger partial charge in [-0.05, 0) is 29.8 Å². The van der Waals surface area contributed by atoms with Crippen LogP contribution in [0, 0.1) is 0 Å². The Morgan fingerprint density at radius 1 is 1.16 bits per heavy atom. The third-order valence-electron chi connectivity index (χ3n) is 4.42. The second kappa shape index (κ2) is 10.1. The Morgan fingerprint density at radius 3 is 2.45 bits per heavy atom. The van der Waals surface area contributed by atoms with E-state index in [4.69, 9.17) is 34.7 Å². The molecule has 0 saturated heterocycles. The largest absolute Gasteiger partial charge is 0.480 e. The number of anilines is 1. The highest BCUT2D eigenvalue weighted by Gasteiger charge is 2.20. The third-order valence-corrected chi connectivity index (χ3v) is 5.05. The van der Waals surface area contributed by atoms with Crippen LogP contribution in [0.3, 0.4) is 0 Å². The number of aliphatic carboxylic acids is 1. The van der Waals surface area contributed by atoms with Gasteiger partial charge in [-0.2, -0.15) is 0 Å². The van der Waals surface area contributed by atoms with Crippen molar-refractivity contribution in [2.75, 3.05) is 11.9 Å². The zero-order chi connectivity index (χ0) is 22.4. The van der Waals surface area contributed by atoms with E-state index in [1.165, 1.54) is 0 Å². The Labute approximate surface area is 188 Å². The molecule has 1 atom stereocenters. The van der Waals surface area contributed by atoms with Crippen LogP contribution in [0.15, 0.2) is 53.7 Å². The maximum absolute atomic E-state index is 11.8. The number of nitrogens with zero attached hydrogens (tertiary/aromatic N) is 4. The minimum absolute atomic E-state index is 0.0361. The number of nitrogens with one attached hydrogen (secondary N) is 1. The van der Waals surface area contributed by atoms with Crippen LogP contribution in [0.1, 0.15) is 11.3 Å². The van der Waals surface area contributed by atoms with Gasteiger partial charge in [0.15, 0.2) is 5.96 Å². The van der Waals surface area contributed by atoms with Crippen LogP contribution in [0.4, 0.5) is 5.69 Å². The van der Waals surface area contributed by atoms with Crippen LogP contribution in [0.5, 0.6) is 0 Å². The molecule has 0 saturated carbocycles. The van der Waals surface area contributed by atoms with Crippen molar-refractivity contribution in [3.05, 3.63) is 70.0 Å². The number of hydrogen-bond donors (Lipinski definition) is 4. The third kappa shape index (κ3) is 6.09. The van der Waals surface area contributed by atoms with Crippen LogP contribution in [0.2, 0.25) is 10.0 Å². The molecule has 0 amide bonds. The van der Waals surface area contributed by atoms with Gasteiger partial charge in [0, 0.05) is 19.4 Å². The van der Waals surface area contributed by atoms with Gasteiger partial charge >= 0.3 is 5.97 Å². The molecule has 0 fully saturated rings. The first kappa shape index (κ1) is 22.4. The van der Waals surface area contributed by atoms with Gasteiger partial charge in [-0.1, -0.05) is 46.6 Å². The highest BCUT2D eigenvalue weighted by Crippen LogP contribution is 2.30. The molecule has 0 radical (unpaired) electrons. The van der Waals surface area contributed by atoms with Gasteiger partial charge in [0.1, 0.15) is 6.04 Å². The highest BCUT2D eigenvalue weighted by molar-refractivity contribution is 6.39. The summed E-state index contributed by atoms with van der Waals surface area (Å²) in [6.45, 7) is 0.430. The van der Waals surface area contributed by atoms with Crippen LogP contribution in [0.25, 0.3) is 5.69 Å². The average Bonchev–Trinajstić information content (AvgIpc) is 3.19. The number of halogens is 2. The van der Waals surface area contributed by atoms with Crippen molar-refractivity contribution >= 4 is 40.8 Å². The number of aromatic nitrogens is 3. The van der Waals surface area contributed by atoms with E-state index in [9.17, 15) is 9.90 Å². The molecule has 3 aromatic rings. The summed E-state index contributed by atoms with van der Waals surface area (Å²) in [5.74, 6) is -0.976. The van der Waals surface area contributed by atoms with Crippen LogP contribution in [-0.2, 0) is 17.6 Å². The van der Waals surface area contributed by atoms with Crippen molar-refractivity contribution in [3.63, 3.8) is 0 Å². The molecular weight excluding hydrogens is 441 g/mol. The number of para-hydroxylation sites is 1. The van der Waals surface area contributed by atoms with Gasteiger partial charge in [0.2, 0.25) is 0 Å². The van der Waals surface area contributed by atoms with Gasteiger partial charge < -0.3 is 21.9 Å². The molecule has 2 aromatic carbocycles. The normalized spacial score (nSPS) is 11.7. The molecule has 31 heavy (non-hydrogen) atoms. The molecule has 0 bridgehead atoms. The number of aliphatic imine (C=N–C) groups is 1. The maximum atomic E-state index is 11.8.